The Hall–Kier alpha value is -2.30. The number of hydrogen-bond acceptors (Lipinski definition) is 3. The summed E-state index contributed by atoms with van der Waals surface area (Å²) in [6.07, 6.45) is 0.571. The van der Waals surface area contributed by atoms with Gasteiger partial charge in [0.1, 0.15) is 0 Å². The molecule has 0 radical (unpaired) electrons. The number of H-pyrrole nitrogens is 1. The summed E-state index contributed by atoms with van der Waals surface area (Å²) in [5.74, 6) is -1.36. The number of aromatic nitrogens is 1. The van der Waals surface area contributed by atoms with Crippen LogP contribution in [0.5, 0.6) is 0 Å². The van der Waals surface area contributed by atoms with E-state index in [1.807, 2.05) is 31.2 Å². The maximum atomic E-state index is 12.1. The van der Waals surface area contributed by atoms with Crippen LogP contribution in [-0.2, 0) is 16.0 Å². The van der Waals surface area contributed by atoms with E-state index in [0.717, 1.165) is 22.2 Å². The van der Waals surface area contributed by atoms with Crippen LogP contribution in [0.1, 0.15) is 37.6 Å². The Morgan fingerprint density at radius 1 is 1.38 bits per heavy atom. The number of nitrogens with zero attached hydrogens (tertiary/aromatic N) is 1. The average molecular weight is 285 g/mol. The molecule has 0 aliphatic carbocycles. The number of hydrogen-bond donors (Lipinski definition) is 1. The molecule has 0 saturated carbocycles. The summed E-state index contributed by atoms with van der Waals surface area (Å²) in [5, 5.41) is 12.5. The number of amides is 1. The molecule has 1 amide bonds. The summed E-state index contributed by atoms with van der Waals surface area (Å²) < 4.78 is 0. The van der Waals surface area contributed by atoms with Crippen molar-refractivity contribution in [2.75, 3.05) is 0 Å². The maximum absolute atomic E-state index is 12.1. The van der Waals surface area contributed by atoms with Gasteiger partial charge in [0.15, 0.2) is 0 Å². The van der Waals surface area contributed by atoms with E-state index in [-0.39, 0.29) is 24.8 Å². The third-order valence-electron chi connectivity index (χ3n) is 4.28. The Balaban J connectivity index is 2.16. The van der Waals surface area contributed by atoms with Gasteiger partial charge in [0.05, 0.1) is 18.1 Å². The number of fused-ring (bicyclic) bond motifs is 3. The SMILES string of the molecule is CCC(=O)N1[C@H](C)c2[nH]c3ccccc3c2C[C@H]1C(=O)[O-]. The fraction of sp³-hybridized carbons (Fsp3) is 0.375. The molecule has 1 aliphatic heterocycles. The quantitative estimate of drug-likeness (QED) is 0.899. The summed E-state index contributed by atoms with van der Waals surface area (Å²) >= 11 is 0. The molecule has 1 N–H and O–H groups in total. The number of carbonyl (C=O) groups is 2. The molecule has 2 heterocycles. The Labute approximate surface area is 122 Å². The van der Waals surface area contributed by atoms with E-state index < -0.39 is 12.0 Å². The molecule has 21 heavy (non-hydrogen) atoms. The van der Waals surface area contributed by atoms with Gasteiger partial charge in [-0.25, -0.2) is 0 Å². The van der Waals surface area contributed by atoms with Crippen molar-refractivity contribution in [2.45, 2.75) is 38.8 Å². The van der Waals surface area contributed by atoms with Gasteiger partial charge in [-0.05, 0) is 18.6 Å². The molecule has 0 saturated heterocycles. The predicted octanol–water partition coefficient (Wildman–Crippen LogP) is 1.14. The molecular weight excluding hydrogens is 268 g/mol. The minimum absolute atomic E-state index is 0.166. The minimum atomic E-state index is -1.19. The van der Waals surface area contributed by atoms with Crippen molar-refractivity contribution in [1.82, 2.24) is 9.88 Å². The van der Waals surface area contributed by atoms with E-state index in [9.17, 15) is 14.7 Å². The predicted molar refractivity (Wildman–Crippen MR) is 76.3 cm³/mol. The highest BCUT2D eigenvalue weighted by Gasteiger charge is 2.37. The lowest BCUT2D eigenvalue weighted by atomic mass is 9.92. The molecule has 0 fully saturated rings. The molecule has 2 aromatic rings. The van der Waals surface area contributed by atoms with Crippen LogP contribution in [0, 0.1) is 0 Å². The highest BCUT2D eigenvalue weighted by molar-refractivity contribution is 5.89. The van der Waals surface area contributed by atoms with E-state index in [2.05, 4.69) is 4.98 Å². The van der Waals surface area contributed by atoms with Crippen LogP contribution in [0.25, 0.3) is 10.9 Å². The summed E-state index contributed by atoms with van der Waals surface area (Å²) in [6, 6.07) is 6.59. The first-order valence-corrected chi connectivity index (χ1v) is 7.16. The fourth-order valence-electron chi connectivity index (χ4n) is 3.27. The third kappa shape index (κ3) is 2.00. The van der Waals surface area contributed by atoms with Gasteiger partial charge in [-0.15, -0.1) is 0 Å². The largest absolute Gasteiger partial charge is 0.548 e. The Bertz CT molecular complexity index is 719. The van der Waals surface area contributed by atoms with Crippen molar-refractivity contribution in [1.29, 1.82) is 0 Å². The average Bonchev–Trinajstić information content (AvgIpc) is 2.85. The van der Waals surface area contributed by atoms with Gasteiger partial charge in [0.25, 0.3) is 0 Å². The number of rotatable bonds is 2. The van der Waals surface area contributed by atoms with Crippen LogP contribution < -0.4 is 5.11 Å². The molecule has 0 bridgehead atoms. The first-order valence-electron chi connectivity index (χ1n) is 7.16. The molecule has 0 unspecified atom stereocenters. The number of carboxylic acids is 1. The highest BCUT2D eigenvalue weighted by atomic mass is 16.4. The van der Waals surface area contributed by atoms with Crippen LogP contribution in [0.3, 0.4) is 0 Å². The van der Waals surface area contributed by atoms with Gasteiger partial charge in [-0.2, -0.15) is 0 Å². The number of carbonyl (C=O) groups excluding carboxylic acids is 2. The van der Waals surface area contributed by atoms with Crippen LogP contribution in [-0.4, -0.2) is 27.8 Å². The van der Waals surface area contributed by atoms with E-state index in [1.165, 1.54) is 4.90 Å². The van der Waals surface area contributed by atoms with E-state index in [1.54, 1.807) is 6.92 Å². The monoisotopic (exact) mass is 285 g/mol. The molecule has 2 atom stereocenters. The summed E-state index contributed by atoms with van der Waals surface area (Å²) in [6.45, 7) is 3.60. The summed E-state index contributed by atoms with van der Waals surface area (Å²) in [7, 11) is 0. The fourth-order valence-corrected chi connectivity index (χ4v) is 3.27. The smallest absolute Gasteiger partial charge is 0.223 e. The van der Waals surface area contributed by atoms with Crippen LogP contribution >= 0.6 is 0 Å². The van der Waals surface area contributed by atoms with Crippen molar-refractivity contribution in [3.05, 3.63) is 35.5 Å². The first kappa shape index (κ1) is 13.7. The van der Waals surface area contributed by atoms with Gasteiger partial charge in [-0.3, -0.25) is 4.79 Å². The Kier molecular flexibility index (Phi) is 3.20. The van der Waals surface area contributed by atoms with E-state index in [0.29, 0.717) is 0 Å². The Morgan fingerprint density at radius 3 is 2.76 bits per heavy atom. The van der Waals surface area contributed by atoms with Gasteiger partial charge < -0.3 is 19.8 Å². The standard InChI is InChI=1S/C16H18N2O3/c1-3-14(19)18-9(2)15-11(8-13(18)16(20)21)10-6-4-5-7-12(10)17-15/h4-7,9,13,17H,3,8H2,1-2H3,(H,20,21)/p-1/t9-,13+/m1/s1. The highest BCUT2D eigenvalue weighted by Crippen LogP contribution is 2.37. The van der Waals surface area contributed by atoms with Gasteiger partial charge in [-0.1, -0.05) is 25.1 Å². The molecular formula is C16H17N2O3-. The number of nitrogens with one attached hydrogen (secondary N) is 1. The number of aliphatic carboxylic acids is 1. The van der Waals surface area contributed by atoms with Crippen LogP contribution in [0.2, 0.25) is 0 Å². The first-order chi connectivity index (χ1) is 10.0. The molecule has 110 valence electrons. The number of para-hydroxylation sites is 1. The lowest BCUT2D eigenvalue weighted by molar-refractivity contribution is -0.312. The molecule has 1 aromatic heterocycles. The lowest BCUT2D eigenvalue weighted by Crippen LogP contribution is -2.54. The van der Waals surface area contributed by atoms with Gasteiger partial charge in [0.2, 0.25) is 5.91 Å². The van der Waals surface area contributed by atoms with Crippen molar-refractivity contribution in [2.24, 2.45) is 0 Å². The summed E-state index contributed by atoms with van der Waals surface area (Å²) in [4.78, 5) is 28.4. The van der Waals surface area contributed by atoms with Crippen LogP contribution in [0.15, 0.2) is 24.3 Å². The van der Waals surface area contributed by atoms with Crippen molar-refractivity contribution < 1.29 is 14.7 Å². The maximum Gasteiger partial charge on any atom is 0.223 e. The third-order valence-corrected chi connectivity index (χ3v) is 4.28. The molecule has 1 aliphatic rings. The molecule has 1 aromatic carbocycles. The number of aromatic amines is 1. The normalized spacial score (nSPS) is 21.3. The topological polar surface area (TPSA) is 76.2 Å². The zero-order valence-corrected chi connectivity index (χ0v) is 12.1. The summed E-state index contributed by atoms with van der Waals surface area (Å²) in [5.41, 5.74) is 2.88. The number of carboxylic acid groups (broad SMARTS) is 1. The van der Waals surface area contributed by atoms with Crippen molar-refractivity contribution in [3.63, 3.8) is 0 Å². The zero-order valence-electron chi connectivity index (χ0n) is 12.1. The molecule has 5 heteroatoms. The number of benzene rings is 1. The second-order valence-electron chi connectivity index (χ2n) is 5.43. The van der Waals surface area contributed by atoms with Gasteiger partial charge >= 0.3 is 0 Å². The molecule has 5 nitrogen and oxygen atoms in total. The van der Waals surface area contributed by atoms with E-state index >= 15 is 0 Å². The second-order valence-corrected chi connectivity index (χ2v) is 5.43. The zero-order chi connectivity index (χ0) is 15.1. The second kappa shape index (κ2) is 4.91. The van der Waals surface area contributed by atoms with Crippen molar-refractivity contribution >= 4 is 22.8 Å². The lowest BCUT2D eigenvalue weighted by Gasteiger charge is -2.41. The Morgan fingerprint density at radius 2 is 2.10 bits per heavy atom. The van der Waals surface area contributed by atoms with Crippen molar-refractivity contribution in [3.8, 4) is 0 Å². The van der Waals surface area contributed by atoms with E-state index in [4.69, 9.17) is 0 Å². The minimum Gasteiger partial charge on any atom is -0.548 e. The van der Waals surface area contributed by atoms with Gasteiger partial charge in [0, 0.05) is 29.4 Å². The van der Waals surface area contributed by atoms with Crippen LogP contribution in [0.4, 0.5) is 0 Å². The molecule has 0 spiro atoms. The molecule has 3 rings (SSSR count).